The Hall–Kier alpha value is -1.02. The quantitative estimate of drug-likeness (QED) is 0.677. The van der Waals surface area contributed by atoms with Crippen molar-refractivity contribution >= 4 is 0 Å². The van der Waals surface area contributed by atoms with E-state index in [0.717, 1.165) is 18.6 Å². The van der Waals surface area contributed by atoms with Crippen molar-refractivity contribution in [1.82, 2.24) is 0 Å². The van der Waals surface area contributed by atoms with Gasteiger partial charge >= 0.3 is 0 Å². The van der Waals surface area contributed by atoms with Gasteiger partial charge in [-0.3, -0.25) is 0 Å². The predicted molar refractivity (Wildman–Crippen MR) is 42.8 cm³/mol. The predicted octanol–water partition coefficient (Wildman–Crippen LogP) is 1.84. The Balaban J connectivity index is 3.13. The minimum Gasteiger partial charge on any atom is -0.508 e. The summed E-state index contributed by atoms with van der Waals surface area (Å²) in [5, 5.41) is 18.0. The second-order valence-electron chi connectivity index (χ2n) is 2.33. The van der Waals surface area contributed by atoms with Crippen molar-refractivity contribution in [3.05, 3.63) is 35.9 Å². The number of aliphatic hydroxyl groups excluding tert-OH is 1. The number of benzene rings is 1. The lowest BCUT2D eigenvalue weighted by Gasteiger charge is -2.05. The van der Waals surface area contributed by atoms with E-state index in [1.807, 2.05) is 6.92 Å². The van der Waals surface area contributed by atoms with E-state index in [9.17, 15) is 5.11 Å². The molecule has 0 aliphatic rings. The third kappa shape index (κ3) is 1.52. The van der Waals surface area contributed by atoms with Crippen molar-refractivity contribution in [3.8, 4) is 5.75 Å². The first-order valence-electron chi connectivity index (χ1n) is 3.58. The molecule has 0 saturated heterocycles. The van der Waals surface area contributed by atoms with Crippen LogP contribution in [0.2, 0.25) is 0 Å². The van der Waals surface area contributed by atoms with E-state index in [2.05, 4.69) is 0 Å². The molecule has 0 amide bonds. The minimum absolute atomic E-state index is 0.246. The van der Waals surface area contributed by atoms with Crippen LogP contribution in [0.4, 0.5) is 0 Å². The van der Waals surface area contributed by atoms with E-state index in [1.54, 1.807) is 18.2 Å². The lowest BCUT2D eigenvalue weighted by atomic mass is 10.1. The number of hydrogen-bond donors (Lipinski definition) is 2. The molecule has 0 saturated carbocycles. The molecule has 2 N–H and O–H groups in total. The van der Waals surface area contributed by atoms with Gasteiger partial charge in [0.2, 0.25) is 0 Å². The third-order valence-electron chi connectivity index (χ3n) is 1.68. The Kier molecular flexibility index (Phi) is 2.49. The van der Waals surface area contributed by atoms with E-state index < -0.39 is 0 Å². The molecule has 11 heavy (non-hydrogen) atoms. The Morgan fingerprint density at radius 1 is 1.45 bits per heavy atom. The van der Waals surface area contributed by atoms with Crippen LogP contribution in [0.5, 0.6) is 5.75 Å². The zero-order chi connectivity index (χ0) is 8.27. The largest absolute Gasteiger partial charge is 0.508 e. The number of phenols is 1. The van der Waals surface area contributed by atoms with Gasteiger partial charge in [0.15, 0.2) is 0 Å². The van der Waals surface area contributed by atoms with Gasteiger partial charge in [0, 0.05) is 0 Å². The molecule has 1 radical (unpaired) electrons. The number of aromatic hydroxyl groups is 1. The van der Waals surface area contributed by atoms with Gasteiger partial charge in [-0.1, -0.05) is 19.1 Å². The summed E-state index contributed by atoms with van der Waals surface area (Å²) in [5.41, 5.74) is 1.47. The second-order valence-corrected chi connectivity index (χ2v) is 2.33. The molecule has 0 aliphatic heterocycles. The van der Waals surface area contributed by atoms with Gasteiger partial charge in [0.1, 0.15) is 12.4 Å². The van der Waals surface area contributed by atoms with Gasteiger partial charge in [0.05, 0.1) is 0 Å². The summed E-state index contributed by atoms with van der Waals surface area (Å²) < 4.78 is 0. The van der Waals surface area contributed by atoms with Crippen molar-refractivity contribution in [1.29, 1.82) is 0 Å². The molecule has 1 aromatic rings. The molecule has 0 aliphatic carbocycles. The molecular formula is C9H11O2. The van der Waals surface area contributed by atoms with Crippen LogP contribution in [0.15, 0.2) is 18.2 Å². The maximum atomic E-state index is 9.29. The van der Waals surface area contributed by atoms with Crippen LogP contribution in [-0.4, -0.2) is 10.2 Å². The number of rotatable bonds is 2. The van der Waals surface area contributed by atoms with Crippen LogP contribution < -0.4 is 0 Å². The summed E-state index contributed by atoms with van der Waals surface area (Å²) in [6.07, 6.45) is 0.721. The summed E-state index contributed by atoms with van der Waals surface area (Å²) in [7, 11) is 0. The Morgan fingerprint density at radius 3 is 2.64 bits per heavy atom. The van der Waals surface area contributed by atoms with Crippen LogP contribution in [0.3, 0.4) is 0 Å². The second kappa shape index (κ2) is 3.39. The highest BCUT2D eigenvalue weighted by Crippen LogP contribution is 2.21. The molecular weight excluding hydrogens is 140 g/mol. The Morgan fingerprint density at radius 2 is 2.18 bits per heavy atom. The Bertz CT molecular complexity index is 243. The number of phenolic OH excluding ortho intramolecular Hbond substituents is 1. The highest BCUT2D eigenvalue weighted by atomic mass is 16.3. The van der Waals surface area contributed by atoms with Gasteiger partial charge in [-0.2, -0.15) is 0 Å². The molecule has 0 atom stereocenters. The van der Waals surface area contributed by atoms with E-state index in [0.29, 0.717) is 5.56 Å². The third-order valence-corrected chi connectivity index (χ3v) is 1.68. The molecule has 0 bridgehead atoms. The van der Waals surface area contributed by atoms with Crippen LogP contribution >= 0.6 is 0 Å². The van der Waals surface area contributed by atoms with Crippen molar-refractivity contribution in [2.24, 2.45) is 0 Å². The van der Waals surface area contributed by atoms with Gasteiger partial charge in [-0.15, -0.1) is 0 Å². The molecule has 0 spiro atoms. The van der Waals surface area contributed by atoms with E-state index in [-0.39, 0.29) is 5.75 Å². The first kappa shape index (κ1) is 8.08. The van der Waals surface area contributed by atoms with E-state index in [4.69, 9.17) is 5.11 Å². The van der Waals surface area contributed by atoms with Gasteiger partial charge in [0.25, 0.3) is 0 Å². The van der Waals surface area contributed by atoms with Gasteiger partial charge in [-0.05, 0) is 23.6 Å². The standard InChI is InChI=1S/C9H11O2/c1-2-8-7(6-10)4-3-5-9(8)11/h3-6,10-11H,2H2,1H3. The zero-order valence-corrected chi connectivity index (χ0v) is 6.41. The lowest BCUT2D eigenvalue weighted by molar-refractivity contribution is 0.410. The number of aliphatic hydroxyl groups is 1. The highest BCUT2D eigenvalue weighted by molar-refractivity contribution is 5.41. The first-order valence-corrected chi connectivity index (χ1v) is 3.58. The SMILES string of the molecule is CCc1c(O)cccc1[CH]O. The molecule has 59 valence electrons. The number of hydrogen-bond acceptors (Lipinski definition) is 2. The van der Waals surface area contributed by atoms with Crippen LogP contribution in [0, 0.1) is 6.61 Å². The lowest BCUT2D eigenvalue weighted by Crippen LogP contribution is -1.90. The Labute approximate surface area is 66.1 Å². The molecule has 1 aromatic carbocycles. The topological polar surface area (TPSA) is 40.5 Å². The fourth-order valence-electron chi connectivity index (χ4n) is 1.10. The van der Waals surface area contributed by atoms with Crippen LogP contribution in [-0.2, 0) is 6.42 Å². The monoisotopic (exact) mass is 151 g/mol. The average molecular weight is 151 g/mol. The molecule has 0 aromatic heterocycles. The van der Waals surface area contributed by atoms with Gasteiger partial charge in [-0.25, -0.2) is 0 Å². The summed E-state index contributed by atoms with van der Waals surface area (Å²) in [6, 6.07) is 5.08. The van der Waals surface area contributed by atoms with Gasteiger partial charge < -0.3 is 10.2 Å². The summed E-state index contributed by atoms with van der Waals surface area (Å²) in [6.45, 7) is 2.95. The smallest absolute Gasteiger partial charge is 0.119 e. The molecule has 0 heterocycles. The van der Waals surface area contributed by atoms with Crippen molar-refractivity contribution in [2.75, 3.05) is 0 Å². The van der Waals surface area contributed by atoms with Crippen molar-refractivity contribution in [2.45, 2.75) is 13.3 Å². The summed E-state index contributed by atoms with van der Waals surface area (Å²) in [5.74, 6) is 0.246. The minimum atomic E-state index is 0.246. The zero-order valence-electron chi connectivity index (χ0n) is 6.41. The molecule has 2 heteroatoms. The molecule has 2 nitrogen and oxygen atoms in total. The maximum Gasteiger partial charge on any atom is 0.119 e. The summed E-state index contributed by atoms with van der Waals surface area (Å²) >= 11 is 0. The fraction of sp³-hybridized carbons (Fsp3) is 0.222. The van der Waals surface area contributed by atoms with Crippen molar-refractivity contribution < 1.29 is 10.2 Å². The van der Waals surface area contributed by atoms with E-state index >= 15 is 0 Å². The summed E-state index contributed by atoms with van der Waals surface area (Å²) in [4.78, 5) is 0. The average Bonchev–Trinajstić information content (AvgIpc) is 2.04. The fourth-order valence-corrected chi connectivity index (χ4v) is 1.10. The van der Waals surface area contributed by atoms with E-state index in [1.165, 1.54) is 0 Å². The maximum absolute atomic E-state index is 9.29. The highest BCUT2D eigenvalue weighted by Gasteiger charge is 2.03. The van der Waals surface area contributed by atoms with Crippen LogP contribution in [0.25, 0.3) is 0 Å². The molecule has 0 unspecified atom stereocenters. The molecule has 0 fully saturated rings. The normalized spacial score (nSPS) is 10.0. The van der Waals surface area contributed by atoms with Crippen molar-refractivity contribution in [3.63, 3.8) is 0 Å². The first-order chi connectivity index (χ1) is 5.29. The molecule has 1 rings (SSSR count). The van der Waals surface area contributed by atoms with Crippen LogP contribution in [0.1, 0.15) is 18.1 Å².